The van der Waals surface area contributed by atoms with Crippen LogP contribution in [0.3, 0.4) is 0 Å². The minimum Gasteiger partial charge on any atom is -0.507 e. The van der Waals surface area contributed by atoms with Gasteiger partial charge in [0, 0.05) is 16.7 Å². The second-order valence-electron chi connectivity index (χ2n) is 6.45. The lowest BCUT2D eigenvalue weighted by molar-refractivity contribution is 0.0945. The number of aromatic hydroxyl groups is 1. The van der Waals surface area contributed by atoms with E-state index >= 15 is 0 Å². The molecular formula is C24H18N4O2. The Hall–Kier alpha value is -4.32. The standard InChI is InChI=1S/C24H18N4O2/c29-22-14-8-7-13-19(22)16-25-28-24(30)23-26-20(17-9-3-1-4-10-17)15-21(27-23)18-11-5-2-6-12-18/h1-16,29H,(H,28,30)/b25-16-. The number of amides is 1. The normalized spacial score (nSPS) is 10.8. The number of hydrogen-bond acceptors (Lipinski definition) is 5. The molecule has 1 aromatic heterocycles. The quantitative estimate of drug-likeness (QED) is 0.391. The minimum atomic E-state index is -0.545. The number of phenolic OH excluding ortho intramolecular Hbond substituents is 1. The zero-order valence-corrected chi connectivity index (χ0v) is 15.9. The lowest BCUT2D eigenvalue weighted by Gasteiger charge is -2.08. The topological polar surface area (TPSA) is 87.5 Å². The fraction of sp³-hybridized carbons (Fsp3) is 0. The molecule has 0 bridgehead atoms. The van der Waals surface area contributed by atoms with E-state index < -0.39 is 5.91 Å². The van der Waals surface area contributed by atoms with Gasteiger partial charge in [-0.15, -0.1) is 0 Å². The zero-order valence-electron chi connectivity index (χ0n) is 15.9. The number of hydrazone groups is 1. The Balaban J connectivity index is 1.66. The largest absolute Gasteiger partial charge is 0.507 e. The van der Waals surface area contributed by atoms with E-state index in [1.54, 1.807) is 24.3 Å². The molecule has 3 aromatic carbocycles. The first kappa shape index (κ1) is 19.0. The summed E-state index contributed by atoms with van der Waals surface area (Å²) in [6.07, 6.45) is 1.37. The third-order valence-electron chi connectivity index (χ3n) is 4.37. The maximum absolute atomic E-state index is 12.7. The molecule has 0 saturated heterocycles. The van der Waals surface area contributed by atoms with Crippen LogP contribution in [0.2, 0.25) is 0 Å². The van der Waals surface area contributed by atoms with Crippen LogP contribution in [0, 0.1) is 0 Å². The van der Waals surface area contributed by atoms with Crippen molar-refractivity contribution in [3.63, 3.8) is 0 Å². The van der Waals surface area contributed by atoms with Crippen LogP contribution in [0.25, 0.3) is 22.5 Å². The molecule has 6 nitrogen and oxygen atoms in total. The highest BCUT2D eigenvalue weighted by atomic mass is 16.3. The fourth-order valence-electron chi connectivity index (χ4n) is 2.87. The van der Waals surface area contributed by atoms with E-state index in [-0.39, 0.29) is 11.6 Å². The second kappa shape index (κ2) is 8.79. The highest BCUT2D eigenvalue weighted by Gasteiger charge is 2.14. The highest BCUT2D eigenvalue weighted by molar-refractivity contribution is 5.93. The number of nitrogens with one attached hydrogen (secondary N) is 1. The average molecular weight is 394 g/mol. The van der Waals surface area contributed by atoms with Gasteiger partial charge in [-0.05, 0) is 18.2 Å². The van der Waals surface area contributed by atoms with Gasteiger partial charge in [-0.25, -0.2) is 15.4 Å². The van der Waals surface area contributed by atoms with Crippen molar-refractivity contribution in [2.75, 3.05) is 0 Å². The molecule has 0 spiro atoms. The van der Waals surface area contributed by atoms with Crippen LogP contribution >= 0.6 is 0 Å². The molecule has 1 amide bonds. The van der Waals surface area contributed by atoms with Crippen LogP contribution in [0.1, 0.15) is 16.2 Å². The summed E-state index contributed by atoms with van der Waals surface area (Å²) in [5, 5.41) is 13.7. The predicted molar refractivity (Wildman–Crippen MR) is 116 cm³/mol. The summed E-state index contributed by atoms with van der Waals surface area (Å²) in [6, 6.07) is 27.8. The maximum atomic E-state index is 12.7. The van der Waals surface area contributed by atoms with Gasteiger partial charge in [0.25, 0.3) is 0 Å². The summed E-state index contributed by atoms with van der Waals surface area (Å²) in [5.41, 5.74) is 5.95. The van der Waals surface area contributed by atoms with Gasteiger partial charge in [0.1, 0.15) is 5.75 Å². The number of hydrogen-bond donors (Lipinski definition) is 2. The number of aromatic nitrogens is 2. The van der Waals surface area contributed by atoms with Crippen molar-refractivity contribution in [3.05, 3.63) is 102 Å². The van der Waals surface area contributed by atoms with E-state index in [4.69, 9.17) is 0 Å². The first-order chi connectivity index (χ1) is 14.7. The van der Waals surface area contributed by atoms with Crippen molar-refractivity contribution in [3.8, 4) is 28.3 Å². The molecule has 0 unspecified atom stereocenters. The minimum absolute atomic E-state index is 0.00430. The number of rotatable bonds is 5. The molecule has 0 aliphatic heterocycles. The van der Waals surface area contributed by atoms with Gasteiger partial charge in [-0.1, -0.05) is 72.8 Å². The van der Waals surface area contributed by atoms with Gasteiger partial charge in [0.2, 0.25) is 5.82 Å². The summed E-state index contributed by atoms with van der Waals surface area (Å²) >= 11 is 0. The highest BCUT2D eigenvalue weighted by Crippen LogP contribution is 2.23. The molecule has 0 saturated carbocycles. The molecule has 0 fully saturated rings. The molecule has 6 heteroatoms. The van der Waals surface area contributed by atoms with Gasteiger partial charge >= 0.3 is 5.91 Å². The van der Waals surface area contributed by atoms with Crippen molar-refractivity contribution >= 4 is 12.1 Å². The van der Waals surface area contributed by atoms with E-state index in [0.29, 0.717) is 17.0 Å². The Morgan fingerprint density at radius 3 is 1.90 bits per heavy atom. The Morgan fingerprint density at radius 1 is 0.800 bits per heavy atom. The summed E-state index contributed by atoms with van der Waals surface area (Å²) in [4.78, 5) is 21.5. The Kier molecular flexibility index (Phi) is 5.57. The molecule has 0 aliphatic rings. The molecule has 1 heterocycles. The van der Waals surface area contributed by atoms with Crippen LogP contribution in [0.4, 0.5) is 0 Å². The summed E-state index contributed by atoms with van der Waals surface area (Å²) in [6.45, 7) is 0. The molecule has 2 N–H and O–H groups in total. The molecule has 4 aromatic rings. The maximum Gasteiger partial charge on any atom is 0.309 e. The van der Waals surface area contributed by atoms with Crippen LogP contribution in [-0.2, 0) is 0 Å². The lowest BCUT2D eigenvalue weighted by atomic mass is 10.1. The summed E-state index contributed by atoms with van der Waals surface area (Å²) in [7, 11) is 0. The first-order valence-corrected chi connectivity index (χ1v) is 9.32. The third-order valence-corrected chi connectivity index (χ3v) is 4.37. The van der Waals surface area contributed by atoms with Gasteiger partial charge in [0.15, 0.2) is 0 Å². The number of benzene rings is 3. The first-order valence-electron chi connectivity index (χ1n) is 9.32. The Bertz CT molecular complexity index is 1130. The molecular weight excluding hydrogens is 376 g/mol. The Labute approximate surface area is 173 Å². The van der Waals surface area contributed by atoms with Crippen molar-refractivity contribution in [2.45, 2.75) is 0 Å². The molecule has 0 atom stereocenters. The number of carbonyl (C=O) groups is 1. The van der Waals surface area contributed by atoms with Crippen LogP contribution in [-0.4, -0.2) is 27.2 Å². The van der Waals surface area contributed by atoms with E-state index in [9.17, 15) is 9.90 Å². The molecule has 146 valence electrons. The zero-order chi connectivity index (χ0) is 20.8. The second-order valence-corrected chi connectivity index (χ2v) is 6.45. The van der Waals surface area contributed by atoms with Gasteiger partial charge < -0.3 is 5.11 Å². The third kappa shape index (κ3) is 4.39. The predicted octanol–water partition coefficient (Wildman–Crippen LogP) is 4.28. The van der Waals surface area contributed by atoms with Crippen LogP contribution in [0.15, 0.2) is 96.1 Å². The van der Waals surface area contributed by atoms with E-state index in [0.717, 1.165) is 11.1 Å². The molecule has 0 radical (unpaired) electrons. The SMILES string of the molecule is O=C(N/N=C\c1ccccc1O)c1nc(-c2ccccc2)cc(-c2ccccc2)n1. The molecule has 0 aliphatic carbocycles. The van der Waals surface area contributed by atoms with E-state index in [1.165, 1.54) is 6.21 Å². The molecule has 4 rings (SSSR count). The van der Waals surface area contributed by atoms with Crippen molar-refractivity contribution in [2.24, 2.45) is 5.10 Å². The van der Waals surface area contributed by atoms with E-state index in [1.807, 2.05) is 66.7 Å². The number of carbonyl (C=O) groups excluding carboxylic acids is 1. The van der Waals surface area contributed by atoms with Crippen molar-refractivity contribution in [1.82, 2.24) is 15.4 Å². The van der Waals surface area contributed by atoms with Crippen molar-refractivity contribution in [1.29, 1.82) is 0 Å². The smallest absolute Gasteiger partial charge is 0.309 e. The van der Waals surface area contributed by atoms with Gasteiger partial charge in [0.05, 0.1) is 17.6 Å². The number of phenols is 1. The van der Waals surface area contributed by atoms with Crippen molar-refractivity contribution < 1.29 is 9.90 Å². The average Bonchev–Trinajstić information content (AvgIpc) is 2.81. The lowest BCUT2D eigenvalue weighted by Crippen LogP contribution is -2.21. The number of para-hydroxylation sites is 1. The molecule has 30 heavy (non-hydrogen) atoms. The van der Waals surface area contributed by atoms with Gasteiger partial charge in [-0.2, -0.15) is 5.10 Å². The monoisotopic (exact) mass is 394 g/mol. The van der Waals surface area contributed by atoms with E-state index in [2.05, 4.69) is 20.5 Å². The summed E-state index contributed by atoms with van der Waals surface area (Å²) < 4.78 is 0. The van der Waals surface area contributed by atoms with Crippen LogP contribution in [0.5, 0.6) is 5.75 Å². The Morgan fingerprint density at radius 2 is 1.33 bits per heavy atom. The summed E-state index contributed by atoms with van der Waals surface area (Å²) in [5.74, 6) is -0.467. The fourth-order valence-corrected chi connectivity index (χ4v) is 2.87. The van der Waals surface area contributed by atoms with Gasteiger partial charge in [-0.3, -0.25) is 4.79 Å². The van der Waals surface area contributed by atoms with Crippen LogP contribution < -0.4 is 5.43 Å². The number of nitrogens with zero attached hydrogens (tertiary/aromatic N) is 3.